The van der Waals surface area contributed by atoms with E-state index < -0.39 is 0 Å². The van der Waals surface area contributed by atoms with E-state index in [2.05, 4.69) is 13.8 Å². The number of ether oxygens (including phenoxy) is 1. The smallest absolute Gasteiger partial charge is 0.293 e. The molecule has 1 aliphatic heterocycles. The van der Waals surface area contributed by atoms with Gasteiger partial charge in [-0.3, -0.25) is 14.5 Å². The molecule has 0 aromatic heterocycles. The van der Waals surface area contributed by atoms with Gasteiger partial charge in [0.2, 0.25) is 0 Å². The Bertz CT molecular complexity index is 860. The summed E-state index contributed by atoms with van der Waals surface area (Å²) < 4.78 is 5.58. The Hall–Kier alpha value is -2.24. The lowest BCUT2D eigenvalue weighted by molar-refractivity contribution is -0.123. The number of benzene rings is 2. The molecule has 0 atom stereocenters. The van der Waals surface area contributed by atoms with Crippen LogP contribution in [0.5, 0.6) is 5.75 Å². The lowest BCUT2D eigenvalue weighted by Crippen LogP contribution is -2.32. The van der Waals surface area contributed by atoms with Crippen LogP contribution in [0.1, 0.15) is 30.9 Å². The summed E-state index contributed by atoms with van der Waals surface area (Å²) in [6.45, 7) is 4.70. The SMILES string of the molecule is CC(C)c1ccc(/C=C2\SC(=O)N(CCOc3ccc(Cl)cc3)C2=O)cc1. The van der Waals surface area contributed by atoms with E-state index in [-0.39, 0.29) is 24.3 Å². The standard InChI is InChI=1S/C21H20ClNO3S/c1-14(2)16-5-3-15(4-6-16)13-19-20(24)23(21(25)27-19)11-12-26-18-9-7-17(22)8-10-18/h3-10,13-14H,11-12H2,1-2H3/b19-13-. The van der Waals surface area contributed by atoms with E-state index in [0.717, 1.165) is 17.3 Å². The molecule has 0 bridgehead atoms. The Kier molecular flexibility index (Phi) is 6.24. The van der Waals surface area contributed by atoms with Crippen molar-refractivity contribution in [2.24, 2.45) is 0 Å². The van der Waals surface area contributed by atoms with E-state index in [1.54, 1.807) is 30.3 Å². The average molecular weight is 402 g/mol. The highest BCUT2D eigenvalue weighted by Crippen LogP contribution is 2.32. The first kappa shape index (κ1) is 19.5. The van der Waals surface area contributed by atoms with Crippen LogP contribution >= 0.6 is 23.4 Å². The monoisotopic (exact) mass is 401 g/mol. The third-order valence-corrected chi connectivity index (χ3v) is 5.33. The van der Waals surface area contributed by atoms with Crippen LogP contribution in [-0.4, -0.2) is 29.2 Å². The predicted octanol–water partition coefficient (Wildman–Crippen LogP) is 5.58. The summed E-state index contributed by atoms with van der Waals surface area (Å²) in [5.41, 5.74) is 2.14. The van der Waals surface area contributed by atoms with Crippen LogP contribution in [0, 0.1) is 0 Å². The second kappa shape index (κ2) is 8.63. The maximum absolute atomic E-state index is 12.5. The van der Waals surface area contributed by atoms with Gasteiger partial charge in [0.1, 0.15) is 12.4 Å². The molecule has 1 fully saturated rings. The van der Waals surface area contributed by atoms with E-state index in [1.807, 2.05) is 24.3 Å². The van der Waals surface area contributed by atoms with Crippen molar-refractivity contribution >= 4 is 40.6 Å². The molecule has 1 aliphatic rings. The third kappa shape index (κ3) is 4.93. The summed E-state index contributed by atoms with van der Waals surface area (Å²) in [6, 6.07) is 15.0. The molecule has 6 heteroatoms. The van der Waals surface area contributed by atoms with Crippen LogP contribution in [0.25, 0.3) is 6.08 Å². The first-order valence-corrected chi connectivity index (χ1v) is 9.87. The van der Waals surface area contributed by atoms with E-state index in [9.17, 15) is 9.59 Å². The van der Waals surface area contributed by atoms with Gasteiger partial charge in [0, 0.05) is 5.02 Å². The summed E-state index contributed by atoms with van der Waals surface area (Å²) >= 11 is 6.79. The number of carbonyl (C=O) groups is 2. The fourth-order valence-electron chi connectivity index (χ4n) is 2.61. The van der Waals surface area contributed by atoms with Gasteiger partial charge in [-0.15, -0.1) is 0 Å². The molecule has 0 spiro atoms. The maximum Gasteiger partial charge on any atom is 0.293 e. The summed E-state index contributed by atoms with van der Waals surface area (Å²) in [5, 5.41) is 0.351. The molecule has 2 aromatic rings. The van der Waals surface area contributed by atoms with Gasteiger partial charge >= 0.3 is 0 Å². The molecule has 1 saturated heterocycles. The second-order valence-electron chi connectivity index (χ2n) is 6.46. The highest BCUT2D eigenvalue weighted by molar-refractivity contribution is 8.18. The minimum atomic E-state index is -0.280. The molecule has 0 aliphatic carbocycles. The van der Waals surface area contributed by atoms with Gasteiger partial charge in [-0.1, -0.05) is 49.7 Å². The first-order chi connectivity index (χ1) is 12.9. The Labute approximate surface area is 168 Å². The normalized spacial score (nSPS) is 15.9. The second-order valence-corrected chi connectivity index (χ2v) is 7.89. The predicted molar refractivity (Wildman–Crippen MR) is 110 cm³/mol. The third-order valence-electron chi connectivity index (χ3n) is 4.17. The number of imide groups is 1. The zero-order valence-electron chi connectivity index (χ0n) is 15.1. The lowest BCUT2D eigenvalue weighted by atomic mass is 10.0. The van der Waals surface area contributed by atoms with Crippen molar-refractivity contribution in [2.75, 3.05) is 13.2 Å². The van der Waals surface area contributed by atoms with Crippen molar-refractivity contribution in [3.8, 4) is 5.75 Å². The molecule has 2 amide bonds. The fourth-order valence-corrected chi connectivity index (χ4v) is 3.60. The molecule has 0 radical (unpaired) electrons. The zero-order valence-corrected chi connectivity index (χ0v) is 16.7. The topological polar surface area (TPSA) is 46.6 Å². The summed E-state index contributed by atoms with van der Waals surface area (Å²) in [7, 11) is 0. The quantitative estimate of drug-likeness (QED) is 0.593. The number of hydrogen-bond acceptors (Lipinski definition) is 4. The van der Waals surface area contributed by atoms with E-state index in [1.165, 1.54) is 10.5 Å². The highest BCUT2D eigenvalue weighted by atomic mass is 35.5. The molecule has 0 unspecified atom stereocenters. The molecule has 0 N–H and O–H groups in total. The molecule has 27 heavy (non-hydrogen) atoms. The molecule has 0 saturated carbocycles. The number of halogens is 1. The summed E-state index contributed by atoms with van der Waals surface area (Å²) in [6.07, 6.45) is 1.76. The number of hydrogen-bond donors (Lipinski definition) is 0. The average Bonchev–Trinajstić information content (AvgIpc) is 2.91. The van der Waals surface area contributed by atoms with E-state index in [0.29, 0.717) is 21.6 Å². The molecule has 2 aromatic carbocycles. The molecular formula is C21H20ClNO3S. The number of amides is 2. The van der Waals surface area contributed by atoms with Crippen LogP contribution in [0.2, 0.25) is 5.02 Å². The van der Waals surface area contributed by atoms with Gasteiger partial charge < -0.3 is 4.74 Å². The van der Waals surface area contributed by atoms with Crippen LogP contribution in [0.15, 0.2) is 53.4 Å². The van der Waals surface area contributed by atoms with Crippen molar-refractivity contribution < 1.29 is 14.3 Å². The van der Waals surface area contributed by atoms with Crippen LogP contribution in [0.3, 0.4) is 0 Å². The highest BCUT2D eigenvalue weighted by Gasteiger charge is 2.34. The zero-order chi connectivity index (χ0) is 19.4. The van der Waals surface area contributed by atoms with Crippen molar-refractivity contribution in [3.05, 3.63) is 69.6 Å². The van der Waals surface area contributed by atoms with Crippen molar-refractivity contribution in [2.45, 2.75) is 19.8 Å². The van der Waals surface area contributed by atoms with Gasteiger partial charge in [0.25, 0.3) is 11.1 Å². The maximum atomic E-state index is 12.5. The van der Waals surface area contributed by atoms with Gasteiger partial charge in [-0.2, -0.15) is 0 Å². The van der Waals surface area contributed by atoms with Gasteiger partial charge in [-0.05, 0) is 59.1 Å². The Morgan fingerprint density at radius 3 is 2.37 bits per heavy atom. The molecule has 140 valence electrons. The number of carbonyl (C=O) groups excluding carboxylic acids is 2. The minimum absolute atomic E-state index is 0.205. The minimum Gasteiger partial charge on any atom is -0.492 e. The molecule has 3 rings (SSSR count). The van der Waals surface area contributed by atoms with Gasteiger partial charge in [0.15, 0.2) is 0 Å². The number of rotatable bonds is 6. The molecule has 4 nitrogen and oxygen atoms in total. The number of nitrogens with zero attached hydrogens (tertiary/aromatic N) is 1. The lowest BCUT2D eigenvalue weighted by Gasteiger charge is -2.13. The van der Waals surface area contributed by atoms with Crippen LogP contribution < -0.4 is 4.74 Å². The van der Waals surface area contributed by atoms with E-state index >= 15 is 0 Å². The Balaban J connectivity index is 1.61. The van der Waals surface area contributed by atoms with Crippen LogP contribution in [0.4, 0.5) is 4.79 Å². The van der Waals surface area contributed by atoms with Gasteiger partial charge in [0.05, 0.1) is 11.4 Å². The van der Waals surface area contributed by atoms with Crippen LogP contribution in [-0.2, 0) is 4.79 Å². The van der Waals surface area contributed by atoms with Crippen molar-refractivity contribution in [1.82, 2.24) is 4.90 Å². The summed E-state index contributed by atoms with van der Waals surface area (Å²) in [5.74, 6) is 0.816. The molecule has 1 heterocycles. The largest absolute Gasteiger partial charge is 0.492 e. The first-order valence-electron chi connectivity index (χ1n) is 8.68. The Morgan fingerprint density at radius 2 is 1.74 bits per heavy atom. The fraction of sp³-hybridized carbons (Fsp3) is 0.238. The van der Waals surface area contributed by atoms with Crippen molar-refractivity contribution in [1.29, 1.82) is 0 Å². The molecular weight excluding hydrogens is 382 g/mol. The van der Waals surface area contributed by atoms with Gasteiger partial charge in [-0.25, -0.2) is 0 Å². The Morgan fingerprint density at radius 1 is 1.07 bits per heavy atom. The van der Waals surface area contributed by atoms with E-state index in [4.69, 9.17) is 16.3 Å². The number of thioether (sulfide) groups is 1. The van der Waals surface area contributed by atoms with Crippen molar-refractivity contribution in [3.63, 3.8) is 0 Å². The summed E-state index contributed by atoms with van der Waals surface area (Å²) in [4.78, 5) is 26.3.